The number of carbonyl (C=O) groups excluding carboxylic acids is 1. The van der Waals surface area contributed by atoms with Crippen LogP contribution in [0.25, 0.3) is 0 Å². The van der Waals surface area contributed by atoms with Crippen LogP contribution in [0.2, 0.25) is 5.02 Å². The highest BCUT2D eigenvalue weighted by Gasteiger charge is 2.14. The van der Waals surface area contributed by atoms with E-state index in [-0.39, 0.29) is 12.3 Å². The largest absolute Gasteiger partial charge is 0.495 e. The molecule has 5 nitrogen and oxygen atoms in total. The predicted octanol–water partition coefficient (Wildman–Crippen LogP) is 2.39. The van der Waals surface area contributed by atoms with E-state index in [1.807, 2.05) is 4.90 Å². The Morgan fingerprint density at radius 3 is 2.71 bits per heavy atom. The van der Waals surface area contributed by atoms with Crippen LogP contribution in [0.3, 0.4) is 0 Å². The van der Waals surface area contributed by atoms with Gasteiger partial charge >= 0.3 is 0 Å². The van der Waals surface area contributed by atoms with Gasteiger partial charge in [0.15, 0.2) is 5.78 Å². The van der Waals surface area contributed by atoms with Crippen molar-refractivity contribution in [2.75, 3.05) is 40.5 Å². The smallest absolute Gasteiger partial charge is 0.176 e. The van der Waals surface area contributed by atoms with Gasteiger partial charge in [-0.05, 0) is 18.2 Å². The Hall–Kier alpha value is -1.61. The van der Waals surface area contributed by atoms with Gasteiger partial charge in [-0.2, -0.15) is 5.26 Å². The lowest BCUT2D eigenvalue weighted by molar-refractivity contribution is 0.0898. The molecule has 0 saturated carbocycles. The lowest BCUT2D eigenvalue weighted by Crippen LogP contribution is -2.33. The van der Waals surface area contributed by atoms with Crippen molar-refractivity contribution in [1.29, 1.82) is 5.26 Å². The molecule has 0 radical (unpaired) electrons. The molecule has 0 aromatic heterocycles. The number of methoxy groups -OCH3 is 2. The second-order valence-corrected chi connectivity index (χ2v) is 4.86. The van der Waals surface area contributed by atoms with Crippen LogP contribution in [0.5, 0.6) is 5.75 Å². The molecule has 0 amide bonds. The van der Waals surface area contributed by atoms with E-state index in [4.69, 9.17) is 26.3 Å². The van der Waals surface area contributed by atoms with Crippen molar-refractivity contribution >= 4 is 17.4 Å². The summed E-state index contributed by atoms with van der Waals surface area (Å²) in [5.41, 5.74) is 0.528. The van der Waals surface area contributed by atoms with Crippen LogP contribution in [-0.2, 0) is 4.74 Å². The summed E-state index contributed by atoms with van der Waals surface area (Å²) in [6.45, 7) is 1.89. The molecule has 0 bridgehead atoms. The van der Waals surface area contributed by atoms with Crippen molar-refractivity contribution < 1.29 is 14.3 Å². The molecular formula is C15H19ClN2O3. The summed E-state index contributed by atoms with van der Waals surface area (Å²) in [4.78, 5) is 14.2. The number of ether oxygens (including phenoxy) is 2. The average Bonchev–Trinajstić information content (AvgIpc) is 2.49. The van der Waals surface area contributed by atoms with E-state index >= 15 is 0 Å². The highest BCUT2D eigenvalue weighted by molar-refractivity contribution is 6.32. The normalized spacial score (nSPS) is 10.4. The Morgan fingerprint density at radius 2 is 2.14 bits per heavy atom. The summed E-state index contributed by atoms with van der Waals surface area (Å²) in [5.74, 6) is 0.488. The van der Waals surface area contributed by atoms with Gasteiger partial charge in [0, 0.05) is 32.2 Å². The minimum absolute atomic E-state index is 0.0476. The van der Waals surface area contributed by atoms with Crippen LogP contribution >= 0.6 is 11.6 Å². The van der Waals surface area contributed by atoms with Crippen LogP contribution in [0.4, 0.5) is 0 Å². The first-order valence-electron chi connectivity index (χ1n) is 6.57. The molecule has 21 heavy (non-hydrogen) atoms. The second-order valence-electron chi connectivity index (χ2n) is 4.45. The molecule has 0 spiro atoms. The first-order chi connectivity index (χ1) is 10.1. The van der Waals surface area contributed by atoms with Crippen LogP contribution in [0, 0.1) is 11.3 Å². The molecule has 1 aromatic rings. The van der Waals surface area contributed by atoms with Gasteiger partial charge in [-0.1, -0.05) is 11.6 Å². The fraction of sp³-hybridized carbons (Fsp3) is 0.467. The zero-order chi connectivity index (χ0) is 15.7. The molecule has 0 saturated heterocycles. The maximum Gasteiger partial charge on any atom is 0.176 e. The zero-order valence-corrected chi connectivity index (χ0v) is 13.0. The van der Waals surface area contributed by atoms with E-state index in [1.54, 1.807) is 25.3 Å². The molecule has 1 rings (SSSR count). The Morgan fingerprint density at radius 1 is 1.38 bits per heavy atom. The Kier molecular flexibility index (Phi) is 7.76. The van der Waals surface area contributed by atoms with E-state index in [0.29, 0.717) is 42.5 Å². The van der Waals surface area contributed by atoms with Crippen molar-refractivity contribution in [3.05, 3.63) is 28.8 Å². The van der Waals surface area contributed by atoms with Crippen LogP contribution in [0.15, 0.2) is 18.2 Å². The number of Topliss-reactive ketones (excluding diaryl/α,β-unsaturated/α-hetero) is 1. The van der Waals surface area contributed by atoms with E-state index in [2.05, 4.69) is 6.07 Å². The summed E-state index contributed by atoms with van der Waals surface area (Å²) >= 11 is 6.02. The molecule has 0 fully saturated rings. The van der Waals surface area contributed by atoms with Crippen molar-refractivity contribution in [2.24, 2.45) is 0 Å². The summed E-state index contributed by atoms with van der Waals surface area (Å²) in [7, 11) is 3.13. The molecule has 0 aliphatic carbocycles. The summed E-state index contributed by atoms with van der Waals surface area (Å²) in [6.07, 6.45) is 0.375. The summed E-state index contributed by atoms with van der Waals surface area (Å²) in [5, 5.41) is 9.07. The molecular weight excluding hydrogens is 292 g/mol. The lowest BCUT2D eigenvalue weighted by atomic mass is 10.1. The monoisotopic (exact) mass is 310 g/mol. The van der Waals surface area contributed by atoms with Gasteiger partial charge in [0.1, 0.15) is 5.75 Å². The molecule has 0 N–H and O–H groups in total. The molecule has 0 aliphatic heterocycles. The first kappa shape index (κ1) is 17.4. The van der Waals surface area contributed by atoms with Gasteiger partial charge in [0.05, 0.1) is 31.4 Å². The predicted molar refractivity (Wildman–Crippen MR) is 80.9 cm³/mol. The summed E-state index contributed by atoms with van der Waals surface area (Å²) < 4.78 is 10.1. The third-order valence-electron chi connectivity index (χ3n) is 2.99. The first-order valence-corrected chi connectivity index (χ1v) is 6.95. The van der Waals surface area contributed by atoms with E-state index < -0.39 is 0 Å². The number of nitriles is 1. The van der Waals surface area contributed by atoms with Crippen LogP contribution in [0.1, 0.15) is 16.8 Å². The molecule has 1 aromatic carbocycles. The highest BCUT2D eigenvalue weighted by atomic mass is 35.5. The number of halogens is 1. The molecule has 0 unspecified atom stereocenters. The van der Waals surface area contributed by atoms with Crippen LogP contribution < -0.4 is 4.74 Å². The van der Waals surface area contributed by atoms with E-state index in [9.17, 15) is 4.79 Å². The van der Waals surface area contributed by atoms with E-state index in [1.165, 1.54) is 7.11 Å². The van der Waals surface area contributed by atoms with Crippen molar-refractivity contribution in [3.63, 3.8) is 0 Å². The van der Waals surface area contributed by atoms with Gasteiger partial charge in [0.2, 0.25) is 0 Å². The summed E-state index contributed by atoms with van der Waals surface area (Å²) in [6, 6.07) is 7.04. The molecule has 114 valence electrons. The van der Waals surface area contributed by atoms with Gasteiger partial charge < -0.3 is 9.47 Å². The Labute approximate surface area is 130 Å². The number of ketones is 1. The third-order valence-corrected chi connectivity index (χ3v) is 3.29. The maximum atomic E-state index is 12.3. The standard InChI is InChI=1S/C15H19ClN2O3/c1-20-9-8-18(7-3-6-17)11-14(19)12-4-5-15(21-2)13(16)10-12/h4-5,10H,3,7-9,11H2,1-2H3. The fourth-order valence-corrected chi connectivity index (χ4v) is 2.09. The number of benzene rings is 1. The number of nitrogens with zero attached hydrogens (tertiary/aromatic N) is 2. The van der Waals surface area contributed by atoms with Gasteiger partial charge in [-0.15, -0.1) is 0 Å². The Balaban J connectivity index is 2.71. The van der Waals surface area contributed by atoms with Gasteiger partial charge in [-0.25, -0.2) is 0 Å². The van der Waals surface area contributed by atoms with Crippen molar-refractivity contribution in [3.8, 4) is 11.8 Å². The fourth-order valence-electron chi connectivity index (χ4n) is 1.83. The SMILES string of the molecule is COCCN(CCC#N)CC(=O)c1ccc(OC)c(Cl)c1. The maximum absolute atomic E-state index is 12.3. The van der Waals surface area contributed by atoms with Gasteiger partial charge in [0.25, 0.3) is 0 Å². The second kappa shape index (κ2) is 9.35. The zero-order valence-electron chi connectivity index (χ0n) is 12.3. The number of rotatable bonds is 9. The Bertz CT molecular complexity index is 514. The quantitative estimate of drug-likeness (QED) is 0.655. The topological polar surface area (TPSA) is 62.6 Å². The average molecular weight is 311 g/mol. The van der Waals surface area contributed by atoms with Gasteiger partial charge in [-0.3, -0.25) is 9.69 Å². The molecule has 0 aliphatic rings. The number of carbonyl (C=O) groups is 1. The van der Waals surface area contributed by atoms with Crippen LogP contribution in [-0.4, -0.2) is 51.1 Å². The lowest BCUT2D eigenvalue weighted by Gasteiger charge is -2.19. The minimum atomic E-state index is -0.0476. The third kappa shape index (κ3) is 5.72. The van der Waals surface area contributed by atoms with E-state index in [0.717, 1.165) is 0 Å². The number of hydrogen-bond donors (Lipinski definition) is 0. The van der Waals surface area contributed by atoms with Crippen molar-refractivity contribution in [2.45, 2.75) is 6.42 Å². The molecule has 0 atom stereocenters. The minimum Gasteiger partial charge on any atom is -0.495 e. The van der Waals surface area contributed by atoms with Crippen molar-refractivity contribution in [1.82, 2.24) is 4.90 Å². The molecule has 6 heteroatoms. The number of hydrogen-bond acceptors (Lipinski definition) is 5. The highest BCUT2D eigenvalue weighted by Crippen LogP contribution is 2.25. The molecule has 0 heterocycles.